The largest absolute Gasteiger partial charge is 0.481 e. The molecule has 1 fully saturated rings. The summed E-state index contributed by atoms with van der Waals surface area (Å²) in [6, 6.07) is 19.1. The van der Waals surface area contributed by atoms with E-state index in [0.717, 1.165) is 11.1 Å². The molecule has 2 unspecified atom stereocenters. The SMILES string of the molecule is O=C(O)CC1C(c2ccccc2)CC(=O)N1Cc1ccccc1. The van der Waals surface area contributed by atoms with Gasteiger partial charge in [0.15, 0.2) is 0 Å². The van der Waals surface area contributed by atoms with Crippen LogP contribution in [0.5, 0.6) is 0 Å². The first-order chi connectivity index (χ1) is 11.1. The molecule has 0 aliphatic carbocycles. The van der Waals surface area contributed by atoms with Gasteiger partial charge in [0.25, 0.3) is 0 Å². The molecule has 4 heteroatoms. The Balaban J connectivity index is 1.88. The van der Waals surface area contributed by atoms with E-state index in [-0.39, 0.29) is 24.3 Å². The van der Waals surface area contributed by atoms with Crippen molar-refractivity contribution in [3.63, 3.8) is 0 Å². The molecule has 0 spiro atoms. The molecule has 1 amide bonds. The Morgan fingerprint density at radius 1 is 1.04 bits per heavy atom. The summed E-state index contributed by atoms with van der Waals surface area (Å²) < 4.78 is 0. The van der Waals surface area contributed by atoms with Crippen molar-refractivity contribution in [2.24, 2.45) is 0 Å². The van der Waals surface area contributed by atoms with Gasteiger partial charge in [0.1, 0.15) is 0 Å². The van der Waals surface area contributed by atoms with Gasteiger partial charge in [0.2, 0.25) is 5.91 Å². The molecule has 1 saturated heterocycles. The molecule has 2 atom stereocenters. The predicted octanol–water partition coefficient (Wildman–Crippen LogP) is 3.05. The number of aliphatic carboxylic acids is 1. The van der Waals surface area contributed by atoms with Gasteiger partial charge in [-0.2, -0.15) is 0 Å². The van der Waals surface area contributed by atoms with Crippen LogP contribution >= 0.6 is 0 Å². The van der Waals surface area contributed by atoms with Crippen molar-refractivity contribution >= 4 is 11.9 Å². The number of amides is 1. The molecule has 1 aliphatic heterocycles. The summed E-state index contributed by atoms with van der Waals surface area (Å²) in [5.74, 6) is -0.916. The highest BCUT2D eigenvalue weighted by atomic mass is 16.4. The number of carbonyl (C=O) groups excluding carboxylic acids is 1. The van der Waals surface area contributed by atoms with Crippen molar-refractivity contribution in [3.05, 3.63) is 71.8 Å². The highest BCUT2D eigenvalue weighted by molar-refractivity contribution is 5.82. The van der Waals surface area contributed by atoms with Gasteiger partial charge in [-0.1, -0.05) is 60.7 Å². The molecule has 1 N–H and O–H groups in total. The van der Waals surface area contributed by atoms with Crippen LogP contribution in [0.1, 0.15) is 29.9 Å². The number of hydrogen-bond acceptors (Lipinski definition) is 2. The summed E-state index contributed by atoms with van der Waals surface area (Å²) >= 11 is 0. The van der Waals surface area contributed by atoms with Crippen LogP contribution in [0.25, 0.3) is 0 Å². The molecule has 0 radical (unpaired) electrons. The molecule has 3 rings (SSSR count). The van der Waals surface area contributed by atoms with Crippen LogP contribution < -0.4 is 0 Å². The van der Waals surface area contributed by atoms with Gasteiger partial charge in [-0.3, -0.25) is 9.59 Å². The maximum Gasteiger partial charge on any atom is 0.305 e. The van der Waals surface area contributed by atoms with Crippen LogP contribution in [0.15, 0.2) is 60.7 Å². The average molecular weight is 309 g/mol. The molecule has 23 heavy (non-hydrogen) atoms. The molecule has 1 heterocycles. The standard InChI is InChI=1S/C19H19NO3/c21-18-11-16(15-9-5-2-6-10-15)17(12-19(22)23)20(18)13-14-7-3-1-4-8-14/h1-10,16-17H,11-13H2,(H,22,23). The van der Waals surface area contributed by atoms with Gasteiger partial charge >= 0.3 is 5.97 Å². The van der Waals surface area contributed by atoms with Gasteiger partial charge in [-0.05, 0) is 11.1 Å². The number of hydrogen-bond donors (Lipinski definition) is 1. The molecule has 2 aromatic rings. The second kappa shape index (κ2) is 6.65. The van der Waals surface area contributed by atoms with E-state index >= 15 is 0 Å². The number of nitrogens with zero attached hydrogens (tertiary/aromatic N) is 1. The number of benzene rings is 2. The van der Waals surface area contributed by atoms with E-state index < -0.39 is 5.97 Å². The van der Waals surface area contributed by atoms with Crippen LogP contribution in [0.4, 0.5) is 0 Å². The van der Waals surface area contributed by atoms with Crippen molar-refractivity contribution in [1.29, 1.82) is 0 Å². The fourth-order valence-electron chi connectivity index (χ4n) is 3.30. The molecule has 0 bridgehead atoms. The van der Waals surface area contributed by atoms with Crippen LogP contribution in [-0.2, 0) is 16.1 Å². The van der Waals surface area contributed by atoms with E-state index in [0.29, 0.717) is 13.0 Å². The average Bonchev–Trinajstić information content (AvgIpc) is 2.85. The summed E-state index contributed by atoms with van der Waals surface area (Å²) in [7, 11) is 0. The Labute approximate surface area is 135 Å². The third-order valence-electron chi connectivity index (χ3n) is 4.39. The molecular formula is C19H19NO3. The minimum absolute atomic E-state index is 0.0222. The van der Waals surface area contributed by atoms with Crippen LogP contribution in [0.3, 0.4) is 0 Å². The molecule has 4 nitrogen and oxygen atoms in total. The van der Waals surface area contributed by atoms with E-state index in [9.17, 15) is 14.7 Å². The summed E-state index contributed by atoms with van der Waals surface area (Å²) in [5, 5.41) is 9.27. The highest BCUT2D eigenvalue weighted by Gasteiger charge is 2.41. The molecular weight excluding hydrogens is 290 g/mol. The third kappa shape index (κ3) is 3.42. The Bertz CT molecular complexity index is 684. The summed E-state index contributed by atoms with van der Waals surface area (Å²) in [5.41, 5.74) is 2.05. The first kappa shape index (κ1) is 15.3. The van der Waals surface area contributed by atoms with Crippen molar-refractivity contribution < 1.29 is 14.7 Å². The highest BCUT2D eigenvalue weighted by Crippen LogP contribution is 2.37. The monoisotopic (exact) mass is 309 g/mol. The van der Waals surface area contributed by atoms with Gasteiger partial charge in [0, 0.05) is 24.9 Å². The Morgan fingerprint density at radius 2 is 1.65 bits per heavy atom. The van der Waals surface area contributed by atoms with Gasteiger partial charge in [-0.25, -0.2) is 0 Å². The first-order valence-electron chi connectivity index (χ1n) is 7.75. The molecule has 0 aromatic heterocycles. The molecule has 2 aromatic carbocycles. The second-order valence-corrected chi connectivity index (χ2v) is 5.89. The Morgan fingerprint density at radius 3 is 2.26 bits per heavy atom. The second-order valence-electron chi connectivity index (χ2n) is 5.89. The Hall–Kier alpha value is -2.62. The van der Waals surface area contributed by atoms with E-state index in [4.69, 9.17) is 0 Å². The maximum atomic E-state index is 12.5. The van der Waals surface area contributed by atoms with Crippen LogP contribution in [0, 0.1) is 0 Å². The number of likely N-dealkylation sites (tertiary alicyclic amines) is 1. The first-order valence-corrected chi connectivity index (χ1v) is 7.75. The number of rotatable bonds is 5. The van der Waals surface area contributed by atoms with Gasteiger partial charge < -0.3 is 10.0 Å². The quantitative estimate of drug-likeness (QED) is 0.923. The van der Waals surface area contributed by atoms with Crippen LogP contribution in [-0.4, -0.2) is 27.9 Å². The maximum absolute atomic E-state index is 12.5. The fraction of sp³-hybridized carbons (Fsp3) is 0.263. The smallest absolute Gasteiger partial charge is 0.305 e. The van der Waals surface area contributed by atoms with Crippen molar-refractivity contribution in [2.75, 3.05) is 0 Å². The van der Waals surface area contributed by atoms with E-state index in [1.807, 2.05) is 60.7 Å². The normalized spacial score (nSPS) is 20.7. The lowest BCUT2D eigenvalue weighted by atomic mass is 9.90. The zero-order chi connectivity index (χ0) is 16.2. The van der Waals surface area contributed by atoms with Gasteiger partial charge in [0.05, 0.1) is 6.42 Å². The minimum Gasteiger partial charge on any atom is -0.481 e. The predicted molar refractivity (Wildman–Crippen MR) is 86.8 cm³/mol. The number of carboxylic acids is 1. The lowest BCUT2D eigenvalue weighted by Gasteiger charge is -2.27. The minimum atomic E-state index is -0.872. The van der Waals surface area contributed by atoms with Crippen molar-refractivity contribution in [2.45, 2.75) is 31.3 Å². The van der Waals surface area contributed by atoms with Gasteiger partial charge in [-0.15, -0.1) is 0 Å². The number of carboxylic acid groups (broad SMARTS) is 1. The summed E-state index contributed by atoms with van der Waals surface area (Å²) in [6.07, 6.45) is 0.340. The zero-order valence-corrected chi connectivity index (χ0v) is 12.8. The zero-order valence-electron chi connectivity index (χ0n) is 12.8. The van der Waals surface area contributed by atoms with E-state index in [1.165, 1.54) is 0 Å². The van der Waals surface area contributed by atoms with E-state index in [1.54, 1.807) is 4.90 Å². The molecule has 0 saturated carbocycles. The summed E-state index contributed by atoms with van der Waals surface area (Å²) in [6.45, 7) is 0.459. The lowest BCUT2D eigenvalue weighted by Crippen LogP contribution is -2.36. The molecule has 1 aliphatic rings. The number of carbonyl (C=O) groups is 2. The summed E-state index contributed by atoms with van der Waals surface area (Å²) in [4.78, 5) is 25.5. The fourth-order valence-corrected chi connectivity index (χ4v) is 3.30. The van der Waals surface area contributed by atoms with Crippen molar-refractivity contribution in [1.82, 2.24) is 4.90 Å². The molecule has 118 valence electrons. The lowest BCUT2D eigenvalue weighted by molar-refractivity contribution is -0.139. The third-order valence-corrected chi connectivity index (χ3v) is 4.39. The van der Waals surface area contributed by atoms with Crippen LogP contribution in [0.2, 0.25) is 0 Å². The Kier molecular flexibility index (Phi) is 4.42. The topological polar surface area (TPSA) is 57.6 Å². The van der Waals surface area contributed by atoms with Crippen molar-refractivity contribution in [3.8, 4) is 0 Å². The van der Waals surface area contributed by atoms with E-state index in [2.05, 4.69) is 0 Å².